The van der Waals surface area contributed by atoms with Gasteiger partial charge in [-0.15, -0.1) is 0 Å². The lowest BCUT2D eigenvalue weighted by molar-refractivity contribution is -0.142. The summed E-state index contributed by atoms with van der Waals surface area (Å²) in [4.78, 5) is 13.9. The van der Waals surface area contributed by atoms with E-state index < -0.39 is 0 Å². The zero-order chi connectivity index (χ0) is 15.9. The fourth-order valence-corrected chi connectivity index (χ4v) is 3.48. The van der Waals surface area contributed by atoms with Gasteiger partial charge in [0.15, 0.2) is 0 Å². The number of hydrogen-bond acceptors (Lipinski definition) is 4. The van der Waals surface area contributed by atoms with E-state index in [1.165, 1.54) is 7.11 Å². The van der Waals surface area contributed by atoms with Crippen LogP contribution in [-0.2, 0) is 9.53 Å². The second-order valence-corrected chi connectivity index (χ2v) is 6.22. The highest BCUT2D eigenvalue weighted by Gasteiger charge is 2.32. The molecule has 1 saturated heterocycles. The third kappa shape index (κ3) is 4.31. The number of aliphatic hydroxyl groups is 1. The van der Waals surface area contributed by atoms with Gasteiger partial charge in [-0.05, 0) is 23.8 Å². The smallest absolute Gasteiger partial charge is 0.305 e. The van der Waals surface area contributed by atoms with Crippen molar-refractivity contribution in [3.8, 4) is 0 Å². The van der Waals surface area contributed by atoms with Gasteiger partial charge in [0.05, 0.1) is 19.8 Å². The molecule has 0 aliphatic carbocycles. The molecule has 1 fully saturated rings. The van der Waals surface area contributed by atoms with Crippen LogP contribution in [-0.4, -0.2) is 42.8 Å². The molecule has 2 rings (SSSR count). The Kier molecular flexibility index (Phi) is 6.40. The Hall–Kier alpha value is -1.39. The van der Waals surface area contributed by atoms with Gasteiger partial charge in [0, 0.05) is 19.5 Å². The summed E-state index contributed by atoms with van der Waals surface area (Å²) >= 11 is 0. The Morgan fingerprint density at radius 1 is 1.32 bits per heavy atom. The largest absolute Gasteiger partial charge is 0.469 e. The van der Waals surface area contributed by atoms with Crippen molar-refractivity contribution in [1.82, 2.24) is 4.90 Å². The number of carbonyl (C=O) groups excluding carboxylic acids is 1. The minimum atomic E-state index is -0.137. The number of benzene rings is 1. The molecular weight excluding hydrogens is 278 g/mol. The average molecular weight is 305 g/mol. The first-order chi connectivity index (χ1) is 10.7. The second kappa shape index (κ2) is 8.30. The Morgan fingerprint density at radius 3 is 2.59 bits per heavy atom. The maximum absolute atomic E-state index is 11.6. The number of esters is 1. The number of piperidine rings is 1. The summed E-state index contributed by atoms with van der Waals surface area (Å²) < 4.78 is 4.82. The number of ether oxygens (including phenoxy) is 1. The van der Waals surface area contributed by atoms with E-state index in [0.717, 1.165) is 31.5 Å². The molecule has 1 heterocycles. The van der Waals surface area contributed by atoms with Crippen molar-refractivity contribution in [3.63, 3.8) is 0 Å². The Labute approximate surface area is 133 Å². The van der Waals surface area contributed by atoms with Crippen molar-refractivity contribution < 1.29 is 14.6 Å². The molecule has 0 saturated carbocycles. The fraction of sp³-hybridized carbons (Fsp3) is 0.611. The lowest BCUT2D eigenvalue weighted by Crippen LogP contribution is -2.44. The van der Waals surface area contributed by atoms with Crippen LogP contribution in [0.15, 0.2) is 30.3 Å². The van der Waals surface area contributed by atoms with Gasteiger partial charge in [-0.25, -0.2) is 0 Å². The molecule has 1 aliphatic rings. The van der Waals surface area contributed by atoms with Gasteiger partial charge in [0.1, 0.15) is 0 Å². The maximum Gasteiger partial charge on any atom is 0.305 e. The molecule has 0 spiro atoms. The molecule has 122 valence electrons. The molecule has 1 aromatic carbocycles. The van der Waals surface area contributed by atoms with Crippen LogP contribution < -0.4 is 0 Å². The molecule has 3 atom stereocenters. The first kappa shape index (κ1) is 17.0. The van der Waals surface area contributed by atoms with E-state index in [1.54, 1.807) is 0 Å². The summed E-state index contributed by atoms with van der Waals surface area (Å²) in [6, 6.07) is 10.1. The first-order valence-electron chi connectivity index (χ1n) is 8.14. The highest BCUT2D eigenvalue weighted by molar-refractivity contribution is 5.69. The predicted molar refractivity (Wildman–Crippen MR) is 86.4 cm³/mol. The van der Waals surface area contributed by atoms with E-state index >= 15 is 0 Å². The van der Waals surface area contributed by atoms with E-state index in [1.807, 2.05) is 18.2 Å². The van der Waals surface area contributed by atoms with Crippen molar-refractivity contribution in [1.29, 1.82) is 0 Å². The van der Waals surface area contributed by atoms with Gasteiger partial charge >= 0.3 is 5.97 Å². The molecule has 0 unspecified atom stereocenters. The van der Waals surface area contributed by atoms with E-state index in [2.05, 4.69) is 24.0 Å². The number of nitrogens with zero attached hydrogens (tertiary/aromatic N) is 1. The Morgan fingerprint density at radius 2 is 2.00 bits per heavy atom. The average Bonchev–Trinajstić information content (AvgIpc) is 2.56. The topological polar surface area (TPSA) is 49.8 Å². The first-order valence-corrected chi connectivity index (χ1v) is 8.14. The van der Waals surface area contributed by atoms with E-state index in [-0.39, 0.29) is 18.6 Å². The van der Waals surface area contributed by atoms with E-state index in [9.17, 15) is 9.90 Å². The van der Waals surface area contributed by atoms with E-state index in [4.69, 9.17) is 4.74 Å². The van der Waals surface area contributed by atoms with Crippen LogP contribution in [0.25, 0.3) is 0 Å². The van der Waals surface area contributed by atoms with Gasteiger partial charge in [-0.1, -0.05) is 43.7 Å². The standard InChI is InChI=1S/C18H27NO3/c1-3-14-9-15(10-18(21)22-2)12-19(11-14)17(13-20)16-7-5-4-6-8-16/h4-8,14-15,17,20H,3,9-13H2,1-2H3/t14-,15-,17+/m1/s1. The van der Waals surface area contributed by atoms with E-state index in [0.29, 0.717) is 18.3 Å². The summed E-state index contributed by atoms with van der Waals surface area (Å²) in [6.07, 6.45) is 2.63. The lowest BCUT2D eigenvalue weighted by atomic mass is 9.84. The summed E-state index contributed by atoms with van der Waals surface area (Å²) in [5.41, 5.74) is 1.14. The van der Waals surface area contributed by atoms with Gasteiger partial charge in [-0.3, -0.25) is 9.69 Å². The van der Waals surface area contributed by atoms with Crippen molar-refractivity contribution in [2.45, 2.75) is 32.2 Å². The molecule has 1 N–H and O–H groups in total. The van der Waals surface area contributed by atoms with Crippen LogP contribution in [0.4, 0.5) is 0 Å². The molecule has 1 aromatic rings. The van der Waals surface area contributed by atoms with Crippen molar-refractivity contribution in [3.05, 3.63) is 35.9 Å². The van der Waals surface area contributed by atoms with Crippen molar-refractivity contribution in [2.75, 3.05) is 26.8 Å². The molecule has 0 bridgehead atoms. The van der Waals surface area contributed by atoms with Gasteiger partial charge in [-0.2, -0.15) is 0 Å². The minimum Gasteiger partial charge on any atom is -0.469 e. The SMILES string of the molecule is CC[C@@H]1C[C@H](CC(=O)OC)CN([C@@H](CO)c2ccccc2)C1. The molecule has 0 radical (unpaired) electrons. The van der Waals surface area contributed by atoms with Gasteiger partial charge in [0.25, 0.3) is 0 Å². The van der Waals surface area contributed by atoms with Crippen LogP contribution in [0, 0.1) is 11.8 Å². The molecule has 22 heavy (non-hydrogen) atoms. The highest BCUT2D eigenvalue weighted by Crippen LogP contribution is 2.32. The number of rotatable bonds is 6. The summed E-state index contributed by atoms with van der Waals surface area (Å²) in [7, 11) is 1.45. The van der Waals surface area contributed by atoms with Crippen LogP contribution in [0.1, 0.15) is 37.8 Å². The number of aliphatic hydroxyl groups excluding tert-OH is 1. The second-order valence-electron chi connectivity index (χ2n) is 6.22. The fourth-order valence-electron chi connectivity index (χ4n) is 3.48. The quantitative estimate of drug-likeness (QED) is 0.821. The number of hydrogen-bond donors (Lipinski definition) is 1. The molecule has 1 aliphatic heterocycles. The van der Waals surface area contributed by atoms with Gasteiger partial charge in [0.2, 0.25) is 0 Å². The third-order valence-corrected chi connectivity index (χ3v) is 4.71. The van der Waals surface area contributed by atoms with Crippen LogP contribution in [0.5, 0.6) is 0 Å². The predicted octanol–water partition coefficient (Wildman–Crippen LogP) is 2.63. The minimum absolute atomic E-state index is 0.00990. The molecule has 0 amide bonds. The lowest BCUT2D eigenvalue weighted by Gasteiger charge is -2.41. The molecule has 0 aromatic heterocycles. The maximum atomic E-state index is 11.6. The monoisotopic (exact) mass is 305 g/mol. The summed E-state index contributed by atoms with van der Waals surface area (Å²) in [6.45, 7) is 4.12. The molecular formula is C18H27NO3. The van der Waals surface area contributed by atoms with Gasteiger partial charge < -0.3 is 9.84 Å². The zero-order valence-electron chi connectivity index (χ0n) is 13.6. The number of carbonyl (C=O) groups is 1. The van der Waals surface area contributed by atoms with Crippen molar-refractivity contribution in [2.24, 2.45) is 11.8 Å². The molecule has 4 nitrogen and oxygen atoms in total. The normalized spacial score (nSPS) is 24.0. The summed E-state index contributed by atoms with van der Waals surface area (Å²) in [5, 5.41) is 9.87. The third-order valence-electron chi connectivity index (χ3n) is 4.71. The highest BCUT2D eigenvalue weighted by atomic mass is 16.5. The van der Waals surface area contributed by atoms with Crippen molar-refractivity contribution >= 4 is 5.97 Å². The zero-order valence-corrected chi connectivity index (χ0v) is 13.6. The summed E-state index contributed by atoms with van der Waals surface area (Å²) in [5.74, 6) is 0.743. The van der Waals surface area contributed by atoms with Crippen LogP contribution in [0.3, 0.4) is 0 Å². The number of likely N-dealkylation sites (tertiary alicyclic amines) is 1. The van der Waals surface area contributed by atoms with Crippen LogP contribution in [0.2, 0.25) is 0 Å². The van der Waals surface area contributed by atoms with Crippen LogP contribution >= 0.6 is 0 Å². The Bertz CT molecular complexity index is 463. The Balaban J connectivity index is 2.11. The molecule has 4 heteroatoms. The number of methoxy groups -OCH3 is 1.